The van der Waals surface area contributed by atoms with Gasteiger partial charge in [-0.15, -0.1) is 5.10 Å². The highest BCUT2D eigenvalue weighted by Gasteiger charge is 2.31. The lowest BCUT2D eigenvalue weighted by Gasteiger charge is -2.23. The second-order valence-corrected chi connectivity index (χ2v) is 7.04. The van der Waals surface area contributed by atoms with Crippen LogP contribution in [-0.2, 0) is 13.1 Å². The standard InChI is InChI=1S/C20H22N6O3/c1-14-22-18(13-29-14)20(28)26-9-5-8-16(26)11-25-12-17(23-24-25)19(27)21-10-15-6-3-2-4-7-15/h2-4,6-7,12-13,16H,5,8-11H2,1H3,(H,21,27)/t16-/m0/s1. The zero-order valence-electron chi connectivity index (χ0n) is 16.1. The number of carbonyl (C=O) groups excluding carboxylic acids is 2. The van der Waals surface area contributed by atoms with Gasteiger partial charge < -0.3 is 14.6 Å². The molecule has 3 aromatic rings. The lowest BCUT2D eigenvalue weighted by atomic mass is 10.2. The van der Waals surface area contributed by atoms with Crippen LogP contribution in [0.25, 0.3) is 0 Å². The Morgan fingerprint density at radius 3 is 2.83 bits per heavy atom. The van der Waals surface area contributed by atoms with Crippen LogP contribution in [0.1, 0.15) is 45.3 Å². The summed E-state index contributed by atoms with van der Waals surface area (Å²) in [7, 11) is 0. The van der Waals surface area contributed by atoms with Gasteiger partial charge in [-0.05, 0) is 18.4 Å². The van der Waals surface area contributed by atoms with Gasteiger partial charge in [0.1, 0.15) is 6.26 Å². The number of rotatable bonds is 6. The first kappa shape index (κ1) is 18.9. The number of nitrogens with one attached hydrogen (secondary N) is 1. The van der Waals surface area contributed by atoms with Gasteiger partial charge in [0, 0.05) is 20.0 Å². The zero-order chi connectivity index (χ0) is 20.2. The van der Waals surface area contributed by atoms with Crippen molar-refractivity contribution in [1.29, 1.82) is 0 Å². The Hall–Kier alpha value is -3.49. The van der Waals surface area contributed by atoms with Crippen molar-refractivity contribution in [2.24, 2.45) is 0 Å². The molecule has 1 aromatic carbocycles. The van der Waals surface area contributed by atoms with Gasteiger partial charge in [-0.1, -0.05) is 35.5 Å². The zero-order valence-corrected chi connectivity index (χ0v) is 16.1. The molecule has 0 aliphatic carbocycles. The van der Waals surface area contributed by atoms with Gasteiger partial charge in [-0.2, -0.15) is 0 Å². The fraction of sp³-hybridized carbons (Fsp3) is 0.350. The molecular weight excluding hydrogens is 372 g/mol. The number of hydrogen-bond acceptors (Lipinski definition) is 6. The van der Waals surface area contributed by atoms with E-state index in [-0.39, 0.29) is 23.6 Å². The minimum Gasteiger partial charge on any atom is -0.448 e. The van der Waals surface area contributed by atoms with E-state index in [0.29, 0.717) is 31.2 Å². The van der Waals surface area contributed by atoms with Gasteiger partial charge in [-0.25, -0.2) is 9.67 Å². The van der Waals surface area contributed by atoms with Crippen LogP contribution in [-0.4, -0.2) is 49.3 Å². The summed E-state index contributed by atoms with van der Waals surface area (Å²) in [4.78, 5) is 30.9. The Morgan fingerprint density at radius 1 is 1.24 bits per heavy atom. The highest BCUT2D eigenvalue weighted by atomic mass is 16.3. The number of aromatic nitrogens is 4. The molecule has 150 valence electrons. The number of benzene rings is 1. The molecule has 9 heteroatoms. The fourth-order valence-electron chi connectivity index (χ4n) is 3.48. The molecule has 1 saturated heterocycles. The molecule has 0 unspecified atom stereocenters. The number of aryl methyl sites for hydroxylation is 1. The van der Waals surface area contributed by atoms with E-state index in [0.717, 1.165) is 18.4 Å². The van der Waals surface area contributed by atoms with Crippen molar-refractivity contribution in [1.82, 2.24) is 30.2 Å². The molecule has 2 amide bonds. The summed E-state index contributed by atoms with van der Waals surface area (Å²) in [5.41, 5.74) is 1.58. The van der Waals surface area contributed by atoms with Crippen molar-refractivity contribution >= 4 is 11.8 Å². The maximum absolute atomic E-state index is 12.7. The third-order valence-electron chi connectivity index (χ3n) is 4.94. The van der Waals surface area contributed by atoms with Crippen molar-refractivity contribution in [3.63, 3.8) is 0 Å². The SMILES string of the molecule is Cc1nc(C(=O)N2CCC[C@H]2Cn2cc(C(=O)NCc3ccccc3)nn2)co1. The number of carbonyl (C=O) groups is 2. The van der Waals surface area contributed by atoms with E-state index >= 15 is 0 Å². The highest BCUT2D eigenvalue weighted by Crippen LogP contribution is 2.21. The molecule has 4 rings (SSSR count). The molecule has 0 spiro atoms. The number of nitrogens with zero attached hydrogens (tertiary/aromatic N) is 5. The van der Waals surface area contributed by atoms with Crippen LogP contribution < -0.4 is 5.32 Å². The summed E-state index contributed by atoms with van der Waals surface area (Å²) >= 11 is 0. The van der Waals surface area contributed by atoms with Crippen LogP contribution in [0.15, 0.2) is 47.2 Å². The summed E-state index contributed by atoms with van der Waals surface area (Å²) in [5, 5.41) is 10.9. The van der Waals surface area contributed by atoms with E-state index in [9.17, 15) is 9.59 Å². The molecule has 2 aromatic heterocycles. The molecule has 9 nitrogen and oxygen atoms in total. The Bertz CT molecular complexity index is 997. The summed E-state index contributed by atoms with van der Waals surface area (Å²) in [6.45, 7) is 3.27. The van der Waals surface area contributed by atoms with Crippen LogP contribution in [0, 0.1) is 6.92 Å². The molecule has 1 aliphatic rings. The number of amides is 2. The van der Waals surface area contributed by atoms with Gasteiger partial charge in [0.25, 0.3) is 11.8 Å². The Balaban J connectivity index is 1.36. The van der Waals surface area contributed by atoms with E-state index in [1.165, 1.54) is 6.26 Å². The predicted molar refractivity (Wildman–Crippen MR) is 103 cm³/mol. The minimum atomic E-state index is -0.280. The van der Waals surface area contributed by atoms with E-state index in [1.807, 2.05) is 30.3 Å². The molecule has 0 bridgehead atoms. The van der Waals surface area contributed by atoms with E-state index in [4.69, 9.17) is 4.42 Å². The Morgan fingerprint density at radius 2 is 2.07 bits per heavy atom. The fourth-order valence-corrected chi connectivity index (χ4v) is 3.48. The maximum atomic E-state index is 12.7. The summed E-state index contributed by atoms with van der Waals surface area (Å²) in [6.07, 6.45) is 4.77. The predicted octanol–water partition coefficient (Wildman–Crippen LogP) is 1.81. The molecule has 0 saturated carbocycles. The normalized spacial score (nSPS) is 16.2. The Labute approximate surface area is 167 Å². The third-order valence-corrected chi connectivity index (χ3v) is 4.94. The van der Waals surface area contributed by atoms with E-state index < -0.39 is 0 Å². The first-order chi connectivity index (χ1) is 14.1. The first-order valence-corrected chi connectivity index (χ1v) is 9.55. The third kappa shape index (κ3) is 4.34. The van der Waals surface area contributed by atoms with Gasteiger partial charge in [0.05, 0.1) is 18.8 Å². The summed E-state index contributed by atoms with van der Waals surface area (Å²) in [5.74, 6) is 0.0364. The van der Waals surface area contributed by atoms with Gasteiger partial charge in [0.15, 0.2) is 17.3 Å². The molecule has 3 heterocycles. The maximum Gasteiger partial charge on any atom is 0.276 e. The summed E-state index contributed by atoms with van der Waals surface area (Å²) in [6, 6.07) is 9.64. The largest absolute Gasteiger partial charge is 0.448 e. The molecule has 1 fully saturated rings. The van der Waals surface area contributed by atoms with Gasteiger partial charge in [0.2, 0.25) is 0 Å². The lowest BCUT2D eigenvalue weighted by Crippen LogP contribution is -2.38. The van der Waals surface area contributed by atoms with Crippen LogP contribution >= 0.6 is 0 Å². The lowest BCUT2D eigenvalue weighted by molar-refractivity contribution is 0.0714. The second kappa shape index (κ2) is 8.26. The number of hydrogen-bond donors (Lipinski definition) is 1. The van der Waals surface area contributed by atoms with E-state index in [1.54, 1.807) is 22.7 Å². The topological polar surface area (TPSA) is 106 Å². The van der Waals surface area contributed by atoms with Crippen LogP contribution in [0.2, 0.25) is 0 Å². The molecular formula is C20H22N6O3. The summed E-state index contributed by atoms with van der Waals surface area (Å²) < 4.78 is 6.77. The molecule has 0 radical (unpaired) electrons. The van der Waals surface area contributed by atoms with Crippen molar-refractivity contribution in [2.75, 3.05) is 6.54 Å². The quantitative estimate of drug-likeness (QED) is 0.683. The molecule has 29 heavy (non-hydrogen) atoms. The number of likely N-dealkylation sites (tertiary alicyclic amines) is 1. The molecule has 1 atom stereocenters. The second-order valence-electron chi connectivity index (χ2n) is 7.04. The smallest absolute Gasteiger partial charge is 0.276 e. The van der Waals surface area contributed by atoms with Gasteiger partial charge >= 0.3 is 0 Å². The first-order valence-electron chi connectivity index (χ1n) is 9.55. The van der Waals surface area contributed by atoms with Crippen molar-refractivity contribution in [2.45, 2.75) is 38.9 Å². The minimum absolute atomic E-state index is 0.0264. The van der Waals surface area contributed by atoms with Crippen molar-refractivity contribution < 1.29 is 14.0 Å². The van der Waals surface area contributed by atoms with Crippen LogP contribution in [0.3, 0.4) is 0 Å². The van der Waals surface area contributed by atoms with Gasteiger partial charge in [-0.3, -0.25) is 9.59 Å². The monoisotopic (exact) mass is 394 g/mol. The van der Waals surface area contributed by atoms with Crippen molar-refractivity contribution in [3.8, 4) is 0 Å². The number of oxazole rings is 1. The van der Waals surface area contributed by atoms with Crippen molar-refractivity contribution in [3.05, 3.63) is 65.6 Å². The Kier molecular flexibility index (Phi) is 5.37. The van der Waals surface area contributed by atoms with Crippen LogP contribution in [0.4, 0.5) is 0 Å². The average Bonchev–Trinajstić information content (AvgIpc) is 3.48. The van der Waals surface area contributed by atoms with E-state index in [2.05, 4.69) is 20.6 Å². The molecule has 1 N–H and O–H groups in total. The highest BCUT2D eigenvalue weighted by molar-refractivity contribution is 5.92. The average molecular weight is 394 g/mol. The van der Waals surface area contributed by atoms with Crippen LogP contribution in [0.5, 0.6) is 0 Å². The molecule has 1 aliphatic heterocycles.